The van der Waals surface area contributed by atoms with Crippen molar-refractivity contribution in [3.63, 3.8) is 0 Å². The minimum absolute atomic E-state index is 0.579. The summed E-state index contributed by atoms with van der Waals surface area (Å²) in [5.41, 5.74) is 3.30. The van der Waals surface area contributed by atoms with Crippen LogP contribution in [0.25, 0.3) is 0 Å². The number of benzene rings is 3. The Kier molecular flexibility index (Phi) is 8.41. The van der Waals surface area contributed by atoms with Gasteiger partial charge in [0.2, 0.25) is 0 Å². The molecule has 3 aromatic rings. The predicted octanol–water partition coefficient (Wildman–Crippen LogP) is 5.87. The molecular formula is C24H26N2O2S2. The Balaban J connectivity index is 1.48. The summed E-state index contributed by atoms with van der Waals surface area (Å²) >= 11 is 7.26. The molecule has 2 N–H and O–H groups in total. The molecule has 0 aromatic heterocycles. The van der Waals surface area contributed by atoms with Gasteiger partial charge in [0.1, 0.15) is 0 Å². The van der Waals surface area contributed by atoms with Crippen molar-refractivity contribution in [2.75, 3.05) is 19.0 Å². The third kappa shape index (κ3) is 6.68. The highest BCUT2D eigenvalue weighted by molar-refractivity contribution is 7.98. The number of nitrogens with one attached hydrogen (secondary N) is 2. The van der Waals surface area contributed by atoms with Crippen LogP contribution in [0.5, 0.6) is 11.5 Å². The highest BCUT2D eigenvalue weighted by Crippen LogP contribution is 2.28. The van der Waals surface area contributed by atoms with Crippen LogP contribution < -0.4 is 20.1 Å². The van der Waals surface area contributed by atoms with Crippen molar-refractivity contribution in [3.8, 4) is 11.5 Å². The van der Waals surface area contributed by atoms with Crippen molar-refractivity contribution in [2.24, 2.45) is 0 Å². The monoisotopic (exact) mass is 438 g/mol. The lowest BCUT2D eigenvalue weighted by Gasteiger charge is -2.13. The summed E-state index contributed by atoms with van der Waals surface area (Å²) in [5, 5.41) is 7.05. The Hall–Kier alpha value is -2.70. The Morgan fingerprint density at radius 2 is 1.67 bits per heavy atom. The second kappa shape index (κ2) is 11.5. The lowest BCUT2D eigenvalue weighted by atomic mass is 10.2. The number of thiocarbonyl (C=S) groups is 1. The molecule has 0 bridgehead atoms. The zero-order valence-corrected chi connectivity index (χ0v) is 18.8. The fourth-order valence-electron chi connectivity index (χ4n) is 2.82. The predicted molar refractivity (Wildman–Crippen MR) is 130 cm³/mol. The van der Waals surface area contributed by atoms with Gasteiger partial charge in [-0.05, 0) is 66.7 Å². The van der Waals surface area contributed by atoms with Gasteiger partial charge in [-0.25, -0.2) is 0 Å². The van der Waals surface area contributed by atoms with Gasteiger partial charge >= 0.3 is 0 Å². The van der Waals surface area contributed by atoms with E-state index < -0.39 is 0 Å². The molecule has 0 aliphatic heterocycles. The van der Waals surface area contributed by atoms with Gasteiger partial charge in [0, 0.05) is 22.9 Å². The molecule has 0 unspecified atom stereocenters. The van der Waals surface area contributed by atoms with E-state index >= 15 is 0 Å². The van der Waals surface area contributed by atoms with Crippen LogP contribution >= 0.6 is 24.0 Å². The minimum Gasteiger partial charge on any atom is -0.493 e. The molecular weight excluding hydrogens is 412 g/mol. The number of hydrogen-bond donors (Lipinski definition) is 2. The first-order valence-corrected chi connectivity index (χ1v) is 11.2. The standard InChI is InChI=1S/C24H26N2O2S2/c1-3-28-23-15-19(11-14-22(23)27-2)16-25-24(29)26-20-12-9-18(10-13-20)17-30-21-7-5-4-6-8-21/h4-15H,3,16-17H2,1-2H3,(H2,25,26,29). The number of hydrogen-bond acceptors (Lipinski definition) is 4. The summed E-state index contributed by atoms with van der Waals surface area (Å²) in [6.45, 7) is 3.14. The van der Waals surface area contributed by atoms with Gasteiger partial charge in [0.15, 0.2) is 16.6 Å². The molecule has 6 heteroatoms. The molecule has 156 valence electrons. The van der Waals surface area contributed by atoms with Crippen molar-refractivity contribution in [3.05, 3.63) is 83.9 Å². The van der Waals surface area contributed by atoms with Gasteiger partial charge in [0.05, 0.1) is 13.7 Å². The van der Waals surface area contributed by atoms with Crippen LogP contribution in [0.1, 0.15) is 18.1 Å². The smallest absolute Gasteiger partial charge is 0.171 e. The van der Waals surface area contributed by atoms with E-state index in [-0.39, 0.29) is 0 Å². The summed E-state index contributed by atoms with van der Waals surface area (Å²) in [5.74, 6) is 2.40. The van der Waals surface area contributed by atoms with Gasteiger partial charge in [-0.3, -0.25) is 0 Å². The lowest BCUT2D eigenvalue weighted by Crippen LogP contribution is -2.27. The van der Waals surface area contributed by atoms with Gasteiger partial charge in [-0.15, -0.1) is 11.8 Å². The molecule has 0 heterocycles. The lowest BCUT2D eigenvalue weighted by molar-refractivity contribution is 0.310. The van der Waals surface area contributed by atoms with Crippen LogP contribution in [-0.4, -0.2) is 18.8 Å². The fraction of sp³-hybridized carbons (Fsp3) is 0.208. The van der Waals surface area contributed by atoms with E-state index in [2.05, 4.69) is 59.2 Å². The molecule has 0 saturated heterocycles. The Labute approximate surface area is 188 Å². The van der Waals surface area contributed by atoms with Gasteiger partial charge in [-0.1, -0.05) is 36.4 Å². The second-order valence-electron chi connectivity index (χ2n) is 6.52. The molecule has 0 radical (unpaired) electrons. The first kappa shape index (κ1) is 22.0. The molecule has 0 aliphatic rings. The minimum atomic E-state index is 0.579. The van der Waals surface area contributed by atoms with Crippen LogP contribution in [0.15, 0.2) is 77.7 Å². The topological polar surface area (TPSA) is 42.5 Å². The summed E-state index contributed by atoms with van der Waals surface area (Å²) in [6, 6.07) is 24.6. The largest absolute Gasteiger partial charge is 0.493 e. The van der Waals surface area contributed by atoms with E-state index in [1.807, 2.05) is 43.0 Å². The first-order chi connectivity index (χ1) is 14.7. The third-order valence-electron chi connectivity index (χ3n) is 4.34. The van der Waals surface area contributed by atoms with Gasteiger partial charge < -0.3 is 20.1 Å². The van der Waals surface area contributed by atoms with Crippen molar-refractivity contribution in [1.82, 2.24) is 5.32 Å². The first-order valence-electron chi connectivity index (χ1n) is 9.79. The van der Waals surface area contributed by atoms with Crippen LogP contribution in [0.3, 0.4) is 0 Å². The van der Waals surface area contributed by atoms with E-state index in [4.69, 9.17) is 21.7 Å². The average molecular weight is 439 g/mol. The van der Waals surface area contributed by atoms with Crippen LogP contribution in [-0.2, 0) is 12.3 Å². The van der Waals surface area contributed by atoms with E-state index in [1.165, 1.54) is 10.5 Å². The Morgan fingerprint density at radius 3 is 2.37 bits per heavy atom. The molecule has 0 fully saturated rings. The quantitative estimate of drug-likeness (QED) is 0.322. The third-order valence-corrected chi connectivity index (χ3v) is 5.67. The molecule has 30 heavy (non-hydrogen) atoms. The van der Waals surface area contributed by atoms with Gasteiger partial charge in [-0.2, -0.15) is 0 Å². The average Bonchev–Trinajstić information content (AvgIpc) is 2.78. The number of rotatable bonds is 9. The summed E-state index contributed by atoms with van der Waals surface area (Å²) in [6.07, 6.45) is 0. The molecule has 3 aromatic carbocycles. The van der Waals surface area contributed by atoms with Crippen molar-refractivity contribution in [1.29, 1.82) is 0 Å². The molecule has 0 atom stereocenters. The highest BCUT2D eigenvalue weighted by Gasteiger charge is 2.06. The van der Waals surface area contributed by atoms with Crippen molar-refractivity contribution >= 4 is 34.8 Å². The van der Waals surface area contributed by atoms with E-state index in [0.29, 0.717) is 18.3 Å². The number of methoxy groups -OCH3 is 1. The maximum absolute atomic E-state index is 5.63. The summed E-state index contributed by atoms with van der Waals surface area (Å²) in [4.78, 5) is 1.27. The number of ether oxygens (including phenoxy) is 2. The molecule has 0 amide bonds. The maximum atomic E-state index is 5.63. The van der Waals surface area contributed by atoms with E-state index in [1.54, 1.807) is 7.11 Å². The van der Waals surface area contributed by atoms with E-state index in [0.717, 1.165) is 28.5 Å². The van der Waals surface area contributed by atoms with Crippen molar-refractivity contribution in [2.45, 2.75) is 24.1 Å². The Bertz CT molecular complexity index is 947. The molecule has 0 aliphatic carbocycles. The zero-order valence-electron chi connectivity index (χ0n) is 17.2. The summed E-state index contributed by atoms with van der Waals surface area (Å²) in [7, 11) is 1.64. The van der Waals surface area contributed by atoms with Crippen LogP contribution in [0.4, 0.5) is 5.69 Å². The fourth-order valence-corrected chi connectivity index (χ4v) is 3.89. The Morgan fingerprint density at radius 1 is 0.933 bits per heavy atom. The molecule has 0 spiro atoms. The van der Waals surface area contributed by atoms with E-state index in [9.17, 15) is 0 Å². The molecule has 3 rings (SSSR count). The van der Waals surface area contributed by atoms with Crippen LogP contribution in [0, 0.1) is 0 Å². The normalized spacial score (nSPS) is 10.3. The maximum Gasteiger partial charge on any atom is 0.171 e. The van der Waals surface area contributed by atoms with Gasteiger partial charge in [0.25, 0.3) is 0 Å². The summed E-state index contributed by atoms with van der Waals surface area (Å²) < 4.78 is 11.0. The second-order valence-corrected chi connectivity index (χ2v) is 7.98. The molecule has 4 nitrogen and oxygen atoms in total. The van der Waals surface area contributed by atoms with Crippen molar-refractivity contribution < 1.29 is 9.47 Å². The SMILES string of the molecule is CCOc1cc(CNC(=S)Nc2ccc(CSc3ccccc3)cc2)ccc1OC. The number of thioether (sulfide) groups is 1. The molecule has 0 saturated carbocycles. The highest BCUT2D eigenvalue weighted by atomic mass is 32.2. The number of anilines is 1. The van der Waals surface area contributed by atoms with Crippen LogP contribution in [0.2, 0.25) is 0 Å². The zero-order chi connectivity index (χ0) is 21.2.